The van der Waals surface area contributed by atoms with Gasteiger partial charge in [-0.05, 0) is 18.8 Å². The van der Waals surface area contributed by atoms with Gasteiger partial charge in [-0.15, -0.1) is 0 Å². The van der Waals surface area contributed by atoms with E-state index in [1.165, 1.54) is 0 Å². The molecule has 5 heteroatoms. The predicted octanol–water partition coefficient (Wildman–Crippen LogP) is 0.626. The van der Waals surface area contributed by atoms with E-state index in [0.29, 0.717) is 13.1 Å². The number of piperidine rings is 1. The molecule has 0 aromatic rings. The number of rotatable bonds is 5. The van der Waals surface area contributed by atoms with Crippen LogP contribution in [0, 0.1) is 17.8 Å². The molecule has 5 nitrogen and oxygen atoms in total. The quantitative estimate of drug-likeness (QED) is 0.769. The summed E-state index contributed by atoms with van der Waals surface area (Å²) >= 11 is 0. The molecule has 0 spiro atoms. The maximum atomic E-state index is 12.0. The number of nitrogens with one attached hydrogen (secondary N) is 1. The van der Waals surface area contributed by atoms with E-state index in [1.807, 2.05) is 20.8 Å². The lowest BCUT2D eigenvalue weighted by Gasteiger charge is -2.33. The topological polar surface area (TPSA) is 69.6 Å². The van der Waals surface area contributed by atoms with Gasteiger partial charge in [-0.1, -0.05) is 20.8 Å². The van der Waals surface area contributed by atoms with Gasteiger partial charge in [0.05, 0.1) is 5.92 Å². The number of hydrogen-bond acceptors (Lipinski definition) is 3. The van der Waals surface area contributed by atoms with E-state index in [2.05, 4.69) is 5.32 Å². The first-order valence-corrected chi connectivity index (χ1v) is 7.13. The average Bonchev–Trinajstić information content (AvgIpc) is 2.43. The van der Waals surface area contributed by atoms with Crippen LogP contribution in [0.15, 0.2) is 0 Å². The van der Waals surface area contributed by atoms with Crippen molar-refractivity contribution in [2.24, 2.45) is 17.8 Å². The molecular weight excluding hydrogens is 244 g/mol. The lowest BCUT2D eigenvalue weighted by atomic mass is 9.96. The highest BCUT2D eigenvalue weighted by Crippen LogP contribution is 2.18. The summed E-state index contributed by atoms with van der Waals surface area (Å²) in [7, 11) is 0. The zero-order valence-electron chi connectivity index (χ0n) is 12.2. The summed E-state index contributed by atoms with van der Waals surface area (Å²) in [5.41, 5.74) is 0. The van der Waals surface area contributed by atoms with E-state index in [0.717, 1.165) is 19.4 Å². The lowest BCUT2D eigenvalue weighted by Crippen LogP contribution is -2.47. The first-order valence-electron chi connectivity index (χ1n) is 7.13. The zero-order valence-corrected chi connectivity index (χ0v) is 12.2. The van der Waals surface area contributed by atoms with Crippen molar-refractivity contribution in [2.45, 2.75) is 33.6 Å². The number of hydrogen-bond donors (Lipinski definition) is 2. The molecule has 0 bridgehead atoms. The molecule has 1 heterocycles. The van der Waals surface area contributed by atoms with E-state index in [4.69, 9.17) is 5.11 Å². The van der Waals surface area contributed by atoms with Crippen LogP contribution in [0.1, 0.15) is 33.6 Å². The second-order valence-electron chi connectivity index (χ2n) is 5.81. The van der Waals surface area contributed by atoms with E-state index < -0.39 is 0 Å². The van der Waals surface area contributed by atoms with Crippen LogP contribution in [0.2, 0.25) is 0 Å². The predicted molar refractivity (Wildman–Crippen MR) is 73.4 cm³/mol. The summed E-state index contributed by atoms with van der Waals surface area (Å²) in [4.78, 5) is 25.8. The van der Waals surface area contributed by atoms with Crippen molar-refractivity contribution >= 4 is 11.8 Å². The Balaban J connectivity index is 2.45. The van der Waals surface area contributed by atoms with Gasteiger partial charge in [0, 0.05) is 32.2 Å². The lowest BCUT2D eigenvalue weighted by molar-refractivity contribution is -0.138. The average molecular weight is 270 g/mol. The van der Waals surface area contributed by atoms with Crippen molar-refractivity contribution in [3.05, 3.63) is 0 Å². The first-order chi connectivity index (χ1) is 8.95. The SMILES string of the molecule is CC(CO)CNC(=O)C1CCCN(C(=O)C(C)C)C1. The molecule has 0 aromatic carbocycles. The molecule has 1 rings (SSSR count). The molecule has 2 amide bonds. The van der Waals surface area contributed by atoms with Gasteiger partial charge in [-0.25, -0.2) is 0 Å². The number of aliphatic hydroxyl groups excluding tert-OH is 1. The maximum Gasteiger partial charge on any atom is 0.225 e. The van der Waals surface area contributed by atoms with Crippen LogP contribution >= 0.6 is 0 Å². The van der Waals surface area contributed by atoms with Gasteiger partial charge in [0.2, 0.25) is 11.8 Å². The molecule has 2 atom stereocenters. The van der Waals surface area contributed by atoms with Crippen LogP contribution < -0.4 is 5.32 Å². The van der Waals surface area contributed by atoms with Gasteiger partial charge < -0.3 is 15.3 Å². The van der Waals surface area contributed by atoms with Crippen LogP contribution in [0.25, 0.3) is 0 Å². The summed E-state index contributed by atoms with van der Waals surface area (Å²) < 4.78 is 0. The van der Waals surface area contributed by atoms with Crippen LogP contribution in [0.3, 0.4) is 0 Å². The Labute approximate surface area is 115 Å². The Bertz CT molecular complexity index is 318. The number of amides is 2. The van der Waals surface area contributed by atoms with Crippen LogP contribution in [0.5, 0.6) is 0 Å². The van der Waals surface area contributed by atoms with Gasteiger partial charge in [0.1, 0.15) is 0 Å². The van der Waals surface area contributed by atoms with Crippen molar-refractivity contribution in [3.8, 4) is 0 Å². The summed E-state index contributed by atoms with van der Waals surface area (Å²) in [5, 5.41) is 11.8. The number of nitrogens with zero attached hydrogens (tertiary/aromatic N) is 1. The van der Waals surface area contributed by atoms with Crippen LogP contribution in [-0.2, 0) is 9.59 Å². The maximum absolute atomic E-state index is 12.0. The van der Waals surface area contributed by atoms with Gasteiger partial charge >= 0.3 is 0 Å². The van der Waals surface area contributed by atoms with Crippen molar-refractivity contribution in [3.63, 3.8) is 0 Å². The molecule has 1 aliphatic rings. The van der Waals surface area contributed by atoms with Crippen LogP contribution in [0.4, 0.5) is 0 Å². The van der Waals surface area contributed by atoms with Gasteiger partial charge in [0.25, 0.3) is 0 Å². The van der Waals surface area contributed by atoms with Crippen molar-refractivity contribution in [1.29, 1.82) is 0 Å². The minimum absolute atomic E-state index is 0.00144. The highest BCUT2D eigenvalue weighted by Gasteiger charge is 2.29. The number of carbonyl (C=O) groups is 2. The highest BCUT2D eigenvalue weighted by molar-refractivity contribution is 5.82. The van der Waals surface area contributed by atoms with E-state index >= 15 is 0 Å². The Morgan fingerprint density at radius 3 is 2.63 bits per heavy atom. The highest BCUT2D eigenvalue weighted by atomic mass is 16.3. The summed E-state index contributed by atoms with van der Waals surface area (Å²) in [5.74, 6) is 0.0716. The first kappa shape index (κ1) is 16.0. The Kier molecular flexibility index (Phi) is 6.28. The second-order valence-corrected chi connectivity index (χ2v) is 5.81. The monoisotopic (exact) mass is 270 g/mol. The Hall–Kier alpha value is -1.10. The normalized spacial score (nSPS) is 21.3. The van der Waals surface area contributed by atoms with Gasteiger partial charge in [-0.2, -0.15) is 0 Å². The molecule has 2 N–H and O–H groups in total. The summed E-state index contributed by atoms with van der Waals surface area (Å²) in [6.07, 6.45) is 1.72. The van der Waals surface area contributed by atoms with Gasteiger partial charge in [-0.3, -0.25) is 9.59 Å². The van der Waals surface area contributed by atoms with E-state index in [9.17, 15) is 9.59 Å². The minimum atomic E-state index is -0.109. The second kappa shape index (κ2) is 7.48. The number of aliphatic hydroxyl groups is 1. The Morgan fingerprint density at radius 1 is 1.37 bits per heavy atom. The third-order valence-electron chi connectivity index (χ3n) is 3.53. The van der Waals surface area contributed by atoms with Gasteiger partial charge in [0.15, 0.2) is 0 Å². The molecular formula is C14H26N2O3. The molecule has 110 valence electrons. The van der Waals surface area contributed by atoms with E-state index in [-0.39, 0.29) is 36.2 Å². The molecule has 0 aliphatic carbocycles. The largest absolute Gasteiger partial charge is 0.396 e. The molecule has 2 unspecified atom stereocenters. The fraction of sp³-hybridized carbons (Fsp3) is 0.857. The summed E-state index contributed by atoms with van der Waals surface area (Å²) in [6.45, 7) is 7.50. The number of carbonyl (C=O) groups excluding carboxylic acids is 2. The molecule has 1 aliphatic heterocycles. The molecule has 1 saturated heterocycles. The summed E-state index contributed by atoms with van der Waals surface area (Å²) in [6, 6.07) is 0. The Morgan fingerprint density at radius 2 is 2.05 bits per heavy atom. The molecule has 19 heavy (non-hydrogen) atoms. The molecule has 0 radical (unpaired) electrons. The minimum Gasteiger partial charge on any atom is -0.396 e. The smallest absolute Gasteiger partial charge is 0.225 e. The third-order valence-corrected chi connectivity index (χ3v) is 3.53. The number of likely N-dealkylation sites (tertiary alicyclic amines) is 1. The molecule has 0 saturated carbocycles. The molecule has 0 aromatic heterocycles. The van der Waals surface area contributed by atoms with Crippen molar-refractivity contribution < 1.29 is 14.7 Å². The van der Waals surface area contributed by atoms with Crippen molar-refractivity contribution in [1.82, 2.24) is 10.2 Å². The fourth-order valence-electron chi connectivity index (χ4n) is 2.24. The van der Waals surface area contributed by atoms with Crippen LogP contribution in [-0.4, -0.2) is 48.1 Å². The standard InChI is InChI=1S/C14H26N2O3/c1-10(2)14(19)16-6-4-5-12(8-16)13(18)15-7-11(3)9-17/h10-12,17H,4-9H2,1-3H3,(H,15,18). The van der Waals surface area contributed by atoms with Crippen molar-refractivity contribution in [2.75, 3.05) is 26.2 Å². The fourth-order valence-corrected chi connectivity index (χ4v) is 2.24. The zero-order chi connectivity index (χ0) is 14.4. The third kappa shape index (κ3) is 4.82. The molecule has 1 fully saturated rings. The van der Waals surface area contributed by atoms with E-state index in [1.54, 1.807) is 4.90 Å².